The first-order valence-corrected chi connectivity index (χ1v) is 5.85. The van der Waals surface area contributed by atoms with Gasteiger partial charge in [-0.05, 0) is 19.1 Å². The third-order valence-corrected chi connectivity index (χ3v) is 2.74. The Morgan fingerprint density at radius 2 is 2.18 bits per heavy atom. The molecule has 0 aromatic heterocycles. The molecule has 1 aromatic rings. The van der Waals surface area contributed by atoms with Crippen molar-refractivity contribution in [2.75, 3.05) is 19.6 Å². The van der Waals surface area contributed by atoms with Crippen LogP contribution >= 0.6 is 0 Å². The molecule has 1 aromatic carbocycles. The maximum absolute atomic E-state index is 11.8. The molecule has 2 rings (SSSR count). The summed E-state index contributed by atoms with van der Waals surface area (Å²) in [4.78, 5) is 13.6. The maximum Gasteiger partial charge on any atom is 0.298 e. The molecule has 1 fully saturated rings. The minimum Gasteiger partial charge on any atom is -0.329 e. The van der Waals surface area contributed by atoms with Gasteiger partial charge in [-0.15, -0.1) is 0 Å². The molecule has 88 valence electrons. The van der Waals surface area contributed by atoms with Crippen LogP contribution in [0.15, 0.2) is 30.3 Å². The van der Waals surface area contributed by atoms with Crippen molar-refractivity contribution in [3.8, 4) is 11.8 Å². The quantitative estimate of drug-likeness (QED) is 0.668. The summed E-state index contributed by atoms with van der Waals surface area (Å²) in [6.07, 6.45) is 0. The fourth-order valence-corrected chi connectivity index (χ4v) is 1.84. The van der Waals surface area contributed by atoms with E-state index in [1.807, 2.05) is 30.3 Å². The average Bonchev–Trinajstić information content (AvgIpc) is 2.37. The minimum absolute atomic E-state index is 0.0813. The lowest BCUT2D eigenvalue weighted by Crippen LogP contribution is -2.51. The van der Waals surface area contributed by atoms with Gasteiger partial charge in [-0.25, -0.2) is 0 Å². The Balaban J connectivity index is 2.00. The number of nitrogens with zero attached hydrogens (tertiary/aromatic N) is 1. The third-order valence-electron chi connectivity index (χ3n) is 2.74. The molecule has 0 radical (unpaired) electrons. The van der Waals surface area contributed by atoms with Gasteiger partial charge >= 0.3 is 0 Å². The fraction of sp³-hybridized carbons (Fsp3) is 0.357. The summed E-state index contributed by atoms with van der Waals surface area (Å²) in [5.41, 5.74) is 0.879. The summed E-state index contributed by atoms with van der Waals surface area (Å²) in [6, 6.07) is 9.93. The summed E-state index contributed by atoms with van der Waals surface area (Å²) in [7, 11) is 0. The molecule has 3 heteroatoms. The topological polar surface area (TPSA) is 32.3 Å². The number of carbonyl (C=O) groups excluding carboxylic acids is 1. The second-order valence-corrected chi connectivity index (χ2v) is 4.22. The zero-order valence-electron chi connectivity index (χ0n) is 9.94. The SMILES string of the molecule is C[C@@H]1CN(C(=O)C#Cc2ccccc2)CCN1. The summed E-state index contributed by atoms with van der Waals surface area (Å²) in [5, 5.41) is 3.30. The lowest BCUT2D eigenvalue weighted by atomic mass is 10.2. The monoisotopic (exact) mass is 228 g/mol. The van der Waals surface area contributed by atoms with Gasteiger partial charge in [0.25, 0.3) is 5.91 Å². The Bertz CT molecular complexity index is 444. The van der Waals surface area contributed by atoms with Crippen LogP contribution in [0.1, 0.15) is 12.5 Å². The van der Waals surface area contributed by atoms with Gasteiger partial charge < -0.3 is 10.2 Å². The predicted octanol–water partition coefficient (Wildman–Crippen LogP) is 0.858. The van der Waals surface area contributed by atoms with Crippen molar-refractivity contribution in [3.63, 3.8) is 0 Å². The van der Waals surface area contributed by atoms with Crippen LogP contribution in [-0.2, 0) is 4.79 Å². The van der Waals surface area contributed by atoms with Crippen molar-refractivity contribution in [2.45, 2.75) is 13.0 Å². The maximum atomic E-state index is 11.8. The predicted molar refractivity (Wildman–Crippen MR) is 67.4 cm³/mol. The molecule has 1 aliphatic rings. The molecule has 1 saturated heterocycles. The van der Waals surface area contributed by atoms with Gasteiger partial charge in [0.2, 0.25) is 0 Å². The molecule has 0 saturated carbocycles. The Hall–Kier alpha value is -1.79. The van der Waals surface area contributed by atoms with Crippen molar-refractivity contribution in [3.05, 3.63) is 35.9 Å². The third kappa shape index (κ3) is 3.33. The molecule has 0 bridgehead atoms. The van der Waals surface area contributed by atoms with E-state index in [-0.39, 0.29) is 5.91 Å². The van der Waals surface area contributed by atoms with Crippen LogP contribution in [0.4, 0.5) is 0 Å². The molecule has 17 heavy (non-hydrogen) atoms. The van der Waals surface area contributed by atoms with E-state index in [4.69, 9.17) is 0 Å². The van der Waals surface area contributed by atoms with Gasteiger partial charge in [0.15, 0.2) is 0 Å². The molecule has 1 amide bonds. The highest BCUT2D eigenvalue weighted by Crippen LogP contribution is 1.99. The lowest BCUT2D eigenvalue weighted by Gasteiger charge is -2.30. The van der Waals surface area contributed by atoms with E-state index in [1.54, 1.807) is 4.90 Å². The van der Waals surface area contributed by atoms with Crippen LogP contribution < -0.4 is 5.32 Å². The second kappa shape index (κ2) is 5.51. The zero-order valence-corrected chi connectivity index (χ0v) is 9.94. The number of nitrogens with one attached hydrogen (secondary N) is 1. The van der Waals surface area contributed by atoms with Crippen LogP contribution in [0.25, 0.3) is 0 Å². The highest BCUT2D eigenvalue weighted by Gasteiger charge is 2.18. The number of rotatable bonds is 0. The Morgan fingerprint density at radius 3 is 2.88 bits per heavy atom. The first-order valence-electron chi connectivity index (χ1n) is 5.85. The first-order chi connectivity index (χ1) is 8.25. The van der Waals surface area contributed by atoms with Gasteiger partial charge in [0, 0.05) is 37.2 Å². The number of benzene rings is 1. The van der Waals surface area contributed by atoms with Crippen LogP contribution in [-0.4, -0.2) is 36.5 Å². The van der Waals surface area contributed by atoms with E-state index < -0.39 is 0 Å². The standard InChI is InChI=1S/C14H16N2O/c1-12-11-16(10-9-15-12)14(17)8-7-13-5-3-2-4-6-13/h2-6,12,15H,9-11H2,1H3/t12-/m1/s1. The van der Waals surface area contributed by atoms with Gasteiger partial charge in [-0.3, -0.25) is 4.79 Å². The van der Waals surface area contributed by atoms with E-state index in [9.17, 15) is 4.79 Å². The van der Waals surface area contributed by atoms with Gasteiger partial charge in [0.05, 0.1) is 0 Å². The van der Waals surface area contributed by atoms with Gasteiger partial charge in [-0.1, -0.05) is 24.1 Å². The van der Waals surface area contributed by atoms with Crippen LogP contribution in [0, 0.1) is 11.8 Å². The normalized spacial score (nSPS) is 19.4. The van der Waals surface area contributed by atoms with Crippen molar-refractivity contribution in [1.82, 2.24) is 10.2 Å². The summed E-state index contributed by atoms with van der Waals surface area (Å²) in [5.74, 6) is 5.51. The number of hydrogen-bond acceptors (Lipinski definition) is 2. The van der Waals surface area contributed by atoms with Crippen molar-refractivity contribution in [2.24, 2.45) is 0 Å². The van der Waals surface area contributed by atoms with E-state index in [1.165, 1.54) is 0 Å². The fourth-order valence-electron chi connectivity index (χ4n) is 1.84. The molecular weight excluding hydrogens is 212 g/mol. The molecular formula is C14H16N2O. The van der Waals surface area contributed by atoms with E-state index >= 15 is 0 Å². The largest absolute Gasteiger partial charge is 0.329 e. The highest BCUT2D eigenvalue weighted by molar-refractivity contribution is 5.94. The lowest BCUT2D eigenvalue weighted by molar-refractivity contribution is -0.126. The van der Waals surface area contributed by atoms with Gasteiger partial charge in [0.1, 0.15) is 0 Å². The number of piperazine rings is 1. The summed E-state index contributed by atoms with van der Waals surface area (Å²) in [6.45, 7) is 4.40. The average molecular weight is 228 g/mol. The first kappa shape index (κ1) is 11.7. The second-order valence-electron chi connectivity index (χ2n) is 4.22. The van der Waals surface area contributed by atoms with E-state index in [2.05, 4.69) is 24.1 Å². The molecule has 1 heterocycles. The molecule has 1 N–H and O–H groups in total. The molecule has 3 nitrogen and oxygen atoms in total. The molecule has 1 aliphatic heterocycles. The number of amides is 1. The van der Waals surface area contributed by atoms with Gasteiger partial charge in [-0.2, -0.15) is 0 Å². The van der Waals surface area contributed by atoms with Crippen molar-refractivity contribution in [1.29, 1.82) is 0 Å². The molecule has 0 spiro atoms. The zero-order chi connectivity index (χ0) is 12.1. The molecule has 1 atom stereocenters. The Kier molecular flexibility index (Phi) is 3.79. The van der Waals surface area contributed by atoms with Crippen LogP contribution in [0.2, 0.25) is 0 Å². The van der Waals surface area contributed by atoms with Crippen LogP contribution in [0.3, 0.4) is 0 Å². The van der Waals surface area contributed by atoms with E-state index in [0.717, 1.165) is 25.2 Å². The van der Waals surface area contributed by atoms with Crippen molar-refractivity contribution < 1.29 is 4.79 Å². The number of carbonyl (C=O) groups is 1. The summed E-state index contributed by atoms with van der Waals surface area (Å²) >= 11 is 0. The Morgan fingerprint density at radius 1 is 1.41 bits per heavy atom. The van der Waals surface area contributed by atoms with Crippen LogP contribution in [0.5, 0.6) is 0 Å². The van der Waals surface area contributed by atoms with E-state index in [0.29, 0.717) is 6.04 Å². The smallest absolute Gasteiger partial charge is 0.298 e. The molecule has 0 aliphatic carbocycles. The highest BCUT2D eigenvalue weighted by atomic mass is 16.2. The Labute approximate surface area is 102 Å². The number of hydrogen-bond donors (Lipinski definition) is 1. The summed E-state index contributed by atoms with van der Waals surface area (Å²) < 4.78 is 0. The van der Waals surface area contributed by atoms with Crippen molar-refractivity contribution >= 4 is 5.91 Å². The molecule has 0 unspecified atom stereocenters. The minimum atomic E-state index is -0.0813.